The van der Waals surface area contributed by atoms with Crippen LogP contribution in [-0.2, 0) is 20.6 Å². The monoisotopic (exact) mass is 454 g/mol. The number of imidazole rings is 1. The van der Waals surface area contributed by atoms with Gasteiger partial charge in [-0.25, -0.2) is 4.79 Å². The summed E-state index contributed by atoms with van der Waals surface area (Å²) in [4.78, 5) is 30.4. The van der Waals surface area contributed by atoms with Gasteiger partial charge >= 0.3 is 11.7 Å². The average Bonchev–Trinajstić information content (AvgIpc) is 3.03. The van der Waals surface area contributed by atoms with Gasteiger partial charge in [-0.05, 0) is 36.2 Å². The second kappa shape index (κ2) is 7.36. The van der Waals surface area contributed by atoms with Crippen molar-refractivity contribution in [2.24, 2.45) is 14.1 Å². The molecule has 0 atom stereocenters. The van der Waals surface area contributed by atoms with Crippen LogP contribution >= 0.6 is 15.9 Å². The van der Waals surface area contributed by atoms with Gasteiger partial charge in [-0.15, -0.1) is 0 Å². The fourth-order valence-electron chi connectivity index (χ4n) is 3.20. The number of ether oxygens (including phenoxy) is 1. The fourth-order valence-corrected chi connectivity index (χ4v) is 3.46. The van der Waals surface area contributed by atoms with E-state index in [2.05, 4.69) is 20.9 Å². The Labute approximate surface area is 174 Å². The second-order valence-corrected chi connectivity index (χ2v) is 7.77. The molecule has 0 saturated carbocycles. The Morgan fingerprint density at radius 2 is 1.69 bits per heavy atom. The first kappa shape index (κ1) is 19.2. The summed E-state index contributed by atoms with van der Waals surface area (Å²) >= 11 is 3.39. The van der Waals surface area contributed by atoms with Crippen LogP contribution in [0.15, 0.2) is 62.6 Å². The lowest BCUT2D eigenvalue weighted by molar-refractivity contribution is 0.424. The van der Waals surface area contributed by atoms with Crippen LogP contribution in [0.5, 0.6) is 11.8 Å². The highest BCUT2D eigenvalue weighted by atomic mass is 79.9. The minimum Gasteiger partial charge on any atom is -0.425 e. The van der Waals surface area contributed by atoms with Crippen molar-refractivity contribution in [3.63, 3.8) is 0 Å². The highest BCUT2D eigenvalue weighted by Gasteiger charge is 2.20. The van der Waals surface area contributed by atoms with Crippen LogP contribution in [0.3, 0.4) is 0 Å². The lowest BCUT2D eigenvalue weighted by atomic mass is 10.2. The molecule has 4 aromatic rings. The van der Waals surface area contributed by atoms with Gasteiger partial charge in [0.2, 0.25) is 0 Å². The summed E-state index contributed by atoms with van der Waals surface area (Å²) in [5, 5.41) is 0. The molecular weight excluding hydrogens is 436 g/mol. The van der Waals surface area contributed by atoms with Crippen LogP contribution in [0.1, 0.15) is 11.1 Å². The number of benzene rings is 2. The van der Waals surface area contributed by atoms with Gasteiger partial charge in [0, 0.05) is 18.6 Å². The van der Waals surface area contributed by atoms with Crippen molar-refractivity contribution in [1.29, 1.82) is 0 Å². The third kappa shape index (κ3) is 3.40. The smallest absolute Gasteiger partial charge is 0.332 e. The van der Waals surface area contributed by atoms with Crippen molar-refractivity contribution in [3.05, 3.63) is 85.0 Å². The number of nitrogens with zero attached hydrogens (tertiary/aromatic N) is 4. The topological polar surface area (TPSA) is 71.1 Å². The van der Waals surface area contributed by atoms with Gasteiger partial charge in [-0.2, -0.15) is 4.98 Å². The average molecular weight is 455 g/mol. The highest BCUT2D eigenvalue weighted by molar-refractivity contribution is 9.10. The van der Waals surface area contributed by atoms with Crippen LogP contribution in [0, 0.1) is 6.92 Å². The number of hydrogen-bond donors (Lipinski definition) is 0. The maximum absolute atomic E-state index is 13.2. The summed E-state index contributed by atoms with van der Waals surface area (Å²) in [5.74, 6) is 0.645. The van der Waals surface area contributed by atoms with Crippen LogP contribution in [0.25, 0.3) is 11.2 Å². The molecule has 0 fully saturated rings. The third-order valence-electron chi connectivity index (χ3n) is 4.87. The summed E-state index contributed by atoms with van der Waals surface area (Å²) in [6.45, 7) is 2.10. The minimum absolute atomic E-state index is 0.174. The van der Waals surface area contributed by atoms with Crippen LogP contribution in [-0.4, -0.2) is 18.7 Å². The van der Waals surface area contributed by atoms with Crippen molar-refractivity contribution in [2.45, 2.75) is 13.5 Å². The zero-order valence-corrected chi connectivity index (χ0v) is 17.8. The van der Waals surface area contributed by atoms with Gasteiger partial charge in [-0.3, -0.25) is 18.5 Å². The van der Waals surface area contributed by atoms with E-state index in [1.54, 1.807) is 18.7 Å². The lowest BCUT2D eigenvalue weighted by Crippen LogP contribution is -2.39. The molecule has 0 aliphatic rings. The van der Waals surface area contributed by atoms with Crippen molar-refractivity contribution in [2.75, 3.05) is 0 Å². The van der Waals surface area contributed by atoms with E-state index >= 15 is 0 Å². The summed E-state index contributed by atoms with van der Waals surface area (Å²) < 4.78 is 11.0. The number of rotatable bonds is 4. The van der Waals surface area contributed by atoms with Crippen molar-refractivity contribution in [1.82, 2.24) is 18.7 Å². The standard InChI is InChI=1S/C21H19BrN4O3/c1-13-6-4-5-7-16(13)29-20-23-18-17(24(20)2)19(27)26(21(28)25(18)3)12-14-8-10-15(22)11-9-14/h4-11H,12H2,1-3H3. The molecule has 148 valence electrons. The predicted molar refractivity (Wildman–Crippen MR) is 115 cm³/mol. The third-order valence-corrected chi connectivity index (χ3v) is 5.40. The number of para-hydroxylation sites is 1. The molecule has 2 aromatic carbocycles. The Bertz CT molecular complexity index is 1330. The summed E-state index contributed by atoms with van der Waals surface area (Å²) in [6, 6.07) is 15.3. The Morgan fingerprint density at radius 3 is 2.38 bits per heavy atom. The lowest BCUT2D eigenvalue weighted by Gasteiger charge is -2.09. The zero-order chi connectivity index (χ0) is 20.7. The van der Waals surface area contributed by atoms with Gasteiger partial charge in [0.15, 0.2) is 11.2 Å². The first-order valence-corrected chi connectivity index (χ1v) is 9.80. The van der Waals surface area contributed by atoms with Crippen molar-refractivity contribution < 1.29 is 4.74 Å². The first-order chi connectivity index (χ1) is 13.9. The number of halogens is 1. The van der Waals surface area contributed by atoms with Gasteiger partial charge in [0.05, 0.1) is 6.54 Å². The maximum Gasteiger partial charge on any atom is 0.332 e. The van der Waals surface area contributed by atoms with E-state index in [0.29, 0.717) is 11.3 Å². The summed E-state index contributed by atoms with van der Waals surface area (Å²) in [7, 11) is 3.31. The van der Waals surface area contributed by atoms with E-state index in [1.165, 1.54) is 9.13 Å². The van der Waals surface area contributed by atoms with Crippen molar-refractivity contribution >= 4 is 27.1 Å². The molecule has 0 aliphatic heterocycles. The zero-order valence-electron chi connectivity index (χ0n) is 16.2. The van der Waals surface area contributed by atoms with Gasteiger partial charge in [0.1, 0.15) is 5.75 Å². The van der Waals surface area contributed by atoms with Crippen LogP contribution in [0.2, 0.25) is 0 Å². The quantitative estimate of drug-likeness (QED) is 0.473. The van der Waals surface area contributed by atoms with E-state index in [4.69, 9.17) is 4.74 Å². The Balaban J connectivity index is 1.85. The normalized spacial score (nSPS) is 11.2. The van der Waals surface area contributed by atoms with Crippen LogP contribution in [0.4, 0.5) is 0 Å². The molecule has 2 aromatic heterocycles. The summed E-state index contributed by atoms with van der Waals surface area (Å²) in [5.41, 5.74) is 1.57. The predicted octanol–water partition coefficient (Wildman–Crippen LogP) is 3.35. The molecule has 29 heavy (non-hydrogen) atoms. The number of hydrogen-bond acceptors (Lipinski definition) is 4. The van der Waals surface area contributed by atoms with Gasteiger partial charge in [-0.1, -0.05) is 46.3 Å². The Hall–Kier alpha value is -3.13. The van der Waals surface area contributed by atoms with E-state index in [-0.39, 0.29) is 18.2 Å². The largest absolute Gasteiger partial charge is 0.425 e. The molecule has 0 unspecified atom stereocenters. The molecule has 2 heterocycles. The molecular formula is C21H19BrN4O3. The van der Waals surface area contributed by atoms with Crippen molar-refractivity contribution in [3.8, 4) is 11.8 Å². The van der Waals surface area contributed by atoms with Gasteiger partial charge in [0.25, 0.3) is 5.56 Å². The molecule has 0 radical (unpaired) electrons. The molecule has 0 saturated heterocycles. The molecule has 0 N–H and O–H groups in total. The molecule has 0 aliphatic carbocycles. The van der Waals surface area contributed by atoms with E-state index < -0.39 is 11.2 Å². The number of aryl methyl sites for hydroxylation is 3. The number of aromatic nitrogens is 4. The number of fused-ring (bicyclic) bond motifs is 1. The van der Waals surface area contributed by atoms with E-state index in [1.807, 2.05) is 55.5 Å². The highest BCUT2D eigenvalue weighted by Crippen LogP contribution is 2.25. The Kier molecular flexibility index (Phi) is 4.87. The molecule has 0 amide bonds. The van der Waals surface area contributed by atoms with Crippen LogP contribution < -0.4 is 16.0 Å². The Morgan fingerprint density at radius 1 is 1.00 bits per heavy atom. The van der Waals surface area contributed by atoms with Gasteiger partial charge < -0.3 is 4.74 Å². The SMILES string of the molecule is Cc1ccccc1Oc1nc2c(c(=O)n(Cc3ccc(Br)cc3)c(=O)n2C)n1C. The summed E-state index contributed by atoms with van der Waals surface area (Å²) in [6.07, 6.45) is 0. The molecule has 0 spiro atoms. The molecule has 7 nitrogen and oxygen atoms in total. The molecule has 4 rings (SSSR count). The van der Waals surface area contributed by atoms with E-state index in [9.17, 15) is 9.59 Å². The molecule has 8 heteroatoms. The maximum atomic E-state index is 13.2. The minimum atomic E-state index is -0.425. The fraction of sp³-hybridized carbons (Fsp3) is 0.190. The van der Waals surface area contributed by atoms with E-state index in [0.717, 1.165) is 15.6 Å². The first-order valence-electron chi connectivity index (χ1n) is 9.01. The molecule has 0 bridgehead atoms. The second-order valence-electron chi connectivity index (χ2n) is 6.85.